The maximum Gasteiger partial charge on any atom is 0.411 e. The number of thiophene rings is 1. The van der Waals surface area contributed by atoms with E-state index in [4.69, 9.17) is 11.6 Å². The molecule has 0 saturated carbocycles. The Balaban J connectivity index is 2.49. The summed E-state index contributed by atoms with van der Waals surface area (Å²) in [4.78, 5) is 0.874. The van der Waals surface area contributed by atoms with Crippen molar-refractivity contribution in [2.24, 2.45) is 0 Å². The van der Waals surface area contributed by atoms with Gasteiger partial charge in [0.1, 0.15) is 6.61 Å². The van der Waals surface area contributed by atoms with Crippen molar-refractivity contribution in [1.82, 2.24) is 5.32 Å². The van der Waals surface area contributed by atoms with Crippen LogP contribution in [-0.4, -0.2) is 25.9 Å². The lowest BCUT2D eigenvalue weighted by molar-refractivity contribution is -0.175. The molecule has 1 aromatic rings. The zero-order chi connectivity index (χ0) is 12.9. The molecule has 1 heterocycles. The van der Waals surface area contributed by atoms with E-state index >= 15 is 0 Å². The van der Waals surface area contributed by atoms with E-state index in [-0.39, 0.29) is 12.6 Å². The van der Waals surface area contributed by atoms with Crippen LogP contribution in [0, 0.1) is 0 Å². The van der Waals surface area contributed by atoms with Crippen LogP contribution in [0.2, 0.25) is 4.34 Å². The fraction of sp³-hybridized carbons (Fsp3) is 0.600. The molecule has 98 valence electrons. The van der Waals surface area contributed by atoms with Gasteiger partial charge < -0.3 is 10.1 Å². The van der Waals surface area contributed by atoms with Crippen molar-refractivity contribution in [3.8, 4) is 0 Å². The van der Waals surface area contributed by atoms with E-state index in [2.05, 4.69) is 10.1 Å². The second kappa shape index (κ2) is 6.58. The second-order valence-electron chi connectivity index (χ2n) is 3.38. The van der Waals surface area contributed by atoms with Crippen LogP contribution in [0.5, 0.6) is 0 Å². The van der Waals surface area contributed by atoms with Crippen LogP contribution in [0.15, 0.2) is 12.1 Å². The minimum absolute atomic E-state index is 0.0236. The number of ether oxygens (including phenoxy) is 1. The molecule has 1 atom stereocenters. The topological polar surface area (TPSA) is 21.3 Å². The number of nitrogens with one attached hydrogen (secondary N) is 1. The Bertz CT molecular complexity index is 343. The molecular formula is C10H13ClF3NOS. The Morgan fingerprint density at radius 2 is 2.18 bits per heavy atom. The molecule has 1 rings (SSSR count). The van der Waals surface area contributed by atoms with Crippen molar-refractivity contribution in [1.29, 1.82) is 0 Å². The molecule has 0 bridgehead atoms. The summed E-state index contributed by atoms with van der Waals surface area (Å²) in [5.41, 5.74) is 0. The molecule has 1 aromatic heterocycles. The van der Waals surface area contributed by atoms with E-state index < -0.39 is 12.8 Å². The van der Waals surface area contributed by atoms with Crippen LogP contribution < -0.4 is 5.32 Å². The molecular weight excluding hydrogens is 275 g/mol. The van der Waals surface area contributed by atoms with Gasteiger partial charge in [-0.25, -0.2) is 0 Å². The van der Waals surface area contributed by atoms with Gasteiger partial charge in [-0.05, 0) is 18.7 Å². The highest BCUT2D eigenvalue weighted by atomic mass is 35.5. The van der Waals surface area contributed by atoms with E-state index in [0.29, 0.717) is 10.9 Å². The highest BCUT2D eigenvalue weighted by Crippen LogP contribution is 2.27. The fourth-order valence-corrected chi connectivity index (χ4v) is 2.42. The smallest absolute Gasteiger partial charge is 0.370 e. The van der Waals surface area contributed by atoms with E-state index in [0.717, 1.165) is 4.88 Å². The summed E-state index contributed by atoms with van der Waals surface area (Å²) in [6.45, 7) is 1.28. The molecule has 7 heteroatoms. The first kappa shape index (κ1) is 14.8. The van der Waals surface area contributed by atoms with Gasteiger partial charge in [0.05, 0.1) is 17.0 Å². The van der Waals surface area contributed by atoms with Crippen molar-refractivity contribution in [2.45, 2.75) is 19.1 Å². The summed E-state index contributed by atoms with van der Waals surface area (Å²) < 4.78 is 41.1. The van der Waals surface area contributed by atoms with Gasteiger partial charge >= 0.3 is 6.18 Å². The molecule has 0 radical (unpaired) electrons. The lowest BCUT2D eigenvalue weighted by Crippen LogP contribution is -2.27. The summed E-state index contributed by atoms with van der Waals surface area (Å²) in [5, 5.41) is 3.06. The highest BCUT2D eigenvalue weighted by Gasteiger charge is 2.28. The van der Waals surface area contributed by atoms with Gasteiger partial charge in [-0.1, -0.05) is 18.5 Å². The Hall–Kier alpha value is -0.300. The Morgan fingerprint density at radius 3 is 2.65 bits per heavy atom. The second-order valence-corrected chi connectivity index (χ2v) is 5.13. The summed E-state index contributed by atoms with van der Waals surface area (Å²) in [5.74, 6) is 0. The van der Waals surface area contributed by atoms with Crippen LogP contribution in [0.25, 0.3) is 0 Å². The maximum atomic E-state index is 11.9. The molecule has 0 fully saturated rings. The Morgan fingerprint density at radius 1 is 1.47 bits per heavy atom. The van der Waals surface area contributed by atoms with Gasteiger partial charge in [-0.2, -0.15) is 13.2 Å². The van der Waals surface area contributed by atoms with E-state index in [1.54, 1.807) is 12.1 Å². The Kier molecular flexibility index (Phi) is 5.72. The molecule has 0 aromatic carbocycles. The molecule has 0 aliphatic rings. The van der Waals surface area contributed by atoms with Crippen molar-refractivity contribution in [3.63, 3.8) is 0 Å². The molecule has 1 N–H and O–H groups in total. The van der Waals surface area contributed by atoms with Crippen molar-refractivity contribution in [3.05, 3.63) is 21.3 Å². The highest BCUT2D eigenvalue weighted by molar-refractivity contribution is 7.16. The van der Waals surface area contributed by atoms with Crippen LogP contribution in [0.4, 0.5) is 13.2 Å². The van der Waals surface area contributed by atoms with Gasteiger partial charge in [0.25, 0.3) is 0 Å². The lowest BCUT2D eigenvalue weighted by atomic mass is 10.2. The van der Waals surface area contributed by atoms with Crippen LogP contribution in [0.3, 0.4) is 0 Å². The standard InChI is InChI=1S/C10H13ClF3NOS/c1-2-15-7(5-16-6-10(12,13)14)8-3-4-9(11)17-8/h3-4,7,15H,2,5-6H2,1H3. The van der Waals surface area contributed by atoms with Crippen LogP contribution in [-0.2, 0) is 4.74 Å². The maximum absolute atomic E-state index is 11.9. The molecule has 0 amide bonds. The van der Waals surface area contributed by atoms with Crippen LogP contribution >= 0.6 is 22.9 Å². The van der Waals surface area contributed by atoms with Gasteiger partial charge in [0.2, 0.25) is 0 Å². The monoisotopic (exact) mass is 287 g/mol. The molecule has 17 heavy (non-hydrogen) atoms. The summed E-state index contributed by atoms with van der Waals surface area (Å²) in [6, 6.07) is 3.26. The predicted octanol–water partition coefficient (Wildman–Crippen LogP) is 3.63. The lowest BCUT2D eigenvalue weighted by Gasteiger charge is -2.17. The summed E-state index contributed by atoms with van der Waals surface area (Å²) >= 11 is 7.12. The number of halogens is 4. The predicted molar refractivity (Wildman–Crippen MR) is 62.6 cm³/mol. The Labute approximate surface area is 107 Å². The fourth-order valence-electron chi connectivity index (χ4n) is 1.30. The first-order valence-corrected chi connectivity index (χ1v) is 6.25. The zero-order valence-electron chi connectivity index (χ0n) is 9.18. The van der Waals surface area contributed by atoms with E-state index in [1.165, 1.54) is 11.3 Å². The van der Waals surface area contributed by atoms with Crippen LogP contribution in [0.1, 0.15) is 17.8 Å². The minimum Gasteiger partial charge on any atom is -0.370 e. The molecule has 2 nitrogen and oxygen atoms in total. The third-order valence-electron chi connectivity index (χ3n) is 1.94. The quantitative estimate of drug-likeness (QED) is 0.863. The number of hydrogen-bond acceptors (Lipinski definition) is 3. The van der Waals surface area contributed by atoms with Gasteiger partial charge in [-0.15, -0.1) is 11.3 Å². The first-order chi connectivity index (χ1) is 7.92. The van der Waals surface area contributed by atoms with Crippen molar-refractivity contribution >= 4 is 22.9 Å². The number of rotatable bonds is 6. The molecule has 1 unspecified atom stereocenters. The number of likely N-dealkylation sites (N-methyl/N-ethyl adjacent to an activating group) is 1. The van der Waals surface area contributed by atoms with Crippen molar-refractivity contribution < 1.29 is 17.9 Å². The summed E-state index contributed by atoms with van der Waals surface area (Å²) in [6.07, 6.45) is -4.29. The number of alkyl halides is 3. The molecule has 0 aliphatic heterocycles. The van der Waals surface area contributed by atoms with E-state index in [9.17, 15) is 13.2 Å². The minimum atomic E-state index is -4.29. The molecule has 0 saturated heterocycles. The molecule has 0 aliphatic carbocycles. The van der Waals surface area contributed by atoms with E-state index in [1.807, 2.05) is 6.92 Å². The first-order valence-electron chi connectivity index (χ1n) is 5.05. The number of hydrogen-bond donors (Lipinski definition) is 1. The van der Waals surface area contributed by atoms with Gasteiger partial charge in [0, 0.05) is 4.88 Å². The third-order valence-corrected chi connectivity index (χ3v) is 3.28. The van der Waals surface area contributed by atoms with Gasteiger partial charge in [-0.3, -0.25) is 0 Å². The van der Waals surface area contributed by atoms with Crippen molar-refractivity contribution in [2.75, 3.05) is 19.8 Å². The SMILES string of the molecule is CCNC(COCC(F)(F)F)c1ccc(Cl)s1. The normalized spacial score (nSPS) is 13.9. The largest absolute Gasteiger partial charge is 0.411 e. The third kappa shape index (κ3) is 5.72. The zero-order valence-corrected chi connectivity index (χ0v) is 10.8. The average Bonchev–Trinajstić information content (AvgIpc) is 2.62. The average molecular weight is 288 g/mol. The van der Waals surface area contributed by atoms with Gasteiger partial charge in [0.15, 0.2) is 0 Å². The molecule has 0 spiro atoms. The summed E-state index contributed by atoms with van der Waals surface area (Å²) in [7, 11) is 0.